The van der Waals surface area contributed by atoms with Crippen LogP contribution < -0.4 is 5.73 Å². The molecule has 1 aromatic rings. The van der Waals surface area contributed by atoms with E-state index in [0.717, 1.165) is 13.1 Å². The van der Waals surface area contributed by atoms with Gasteiger partial charge in [0, 0.05) is 17.5 Å². The molecule has 3 unspecified atom stereocenters. The number of nitrogens with two attached hydrogens (primary N) is 1. The van der Waals surface area contributed by atoms with Crippen LogP contribution in [0.2, 0.25) is 0 Å². The van der Waals surface area contributed by atoms with Gasteiger partial charge in [0.15, 0.2) is 0 Å². The van der Waals surface area contributed by atoms with Crippen LogP contribution in [-0.4, -0.2) is 29.0 Å². The molecular weight excluding hydrogens is 230 g/mol. The Morgan fingerprint density at radius 3 is 2.59 bits per heavy atom. The van der Waals surface area contributed by atoms with E-state index in [1.807, 2.05) is 0 Å². The molecule has 2 heterocycles. The van der Waals surface area contributed by atoms with Gasteiger partial charge in [-0.1, -0.05) is 0 Å². The van der Waals surface area contributed by atoms with Gasteiger partial charge in [-0.3, -0.25) is 4.90 Å². The lowest BCUT2D eigenvalue weighted by Gasteiger charge is -2.24. The predicted molar refractivity (Wildman–Crippen MR) is 73.3 cm³/mol. The average Bonchev–Trinajstić information content (AvgIpc) is 2.84. The van der Waals surface area contributed by atoms with Crippen molar-refractivity contribution in [3.05, 3.63) is 15.6 Å². The molecule has 0 amide bonds. The second kappa shape index (κ2) is 5.04. The van der Waals surface area contributed by atoms with Gasteiger partial charge in [0.05, 0.1) is 16.7 Å². The molecule has 0 aromatic carbocycles. The number of nitrogens with zero attached hydrogens (tertiary/aromatic N) is 2. The number of aromatic nitrogens is 1. The number of likely N-dealkylation sites (tertiary alicyclic amines) is 1. The zero-order valence-electron chi connectivity index (χ0n) is 11.2. The summed E-state index contributed by atoms with van der Waals surface area (Å²) in [6, 6.07) is 0.745. The van der Waals surface area contributed by atoms with Crippen molar-refractivity contribution in [1.82, 2.24) is 9.88 Å². The van der Waals surface area contributed by atoms with E-state index in [-0.39, 0.29) is 0 Å². The molecule has 0 radical (unpaired) electrons. The highest BCUT2D eigenvalue weighted by Gasteiger charge is 2.30. The first-order chi connectivity index (χ1) is 7.99. The molecule has 2 N–H and O–H groups in total. The standard InChI is InChI=1S/C13H23N3S/c1-8(14)12-5-6-16(7-12)9(2)13-10(3)17-11(4)15-13/h8-9,12H,5-7,14H2,1-4H3. The molecule has 1 fully saturated rings. The van der Waals surface area contributed by atoms with E-state index >= 15 is 0 Å². The van der Waals surface area contributed by atoms with Gasteiger partial charge in [-0.15, -0.1) is 11.3 Å². The predicted octanol–water partition coefficient (Wildman–Crippen LogP) is 2.49. The van der Waals surface area contributed by atoms with Crippen LogP contribution in [0.4, 0.5) is 0 Å². The van der Waals surface area contributed by atoms with E-state index in [1.165, 1.54) is 22.0 Å². The molecule has 3 atom stereocenters. The maximum atomic E-state index is 5.99. The third-order valence-corrected chi connectivity index (χ3v) is 4.78. The highest BCUT2D eigenvalue weighted by Crippen LogP contribution is 2.31. The van der Waals surface area contributed by atoms with Crippen LogP contribution in [-0.2, 0) is 0 Å². The van der Waals surface area contributed by atoms with Crippen molar-refractivity contribution < 1.29 is 0 Å². The number of rotatable bonds is 3. The molecular formula is C13H23N3S. The molecule has 1 saturated heterocycles. The van der Waals surface area contributed by atoms with Crippen molar-refractivity contribution in [2.45, 2.75) is 46.2 Å². The maximum absolute atomic E-state index is 5.99. The minimum atomic E-state index is 0.311. The summed E-state index contributed by atoms with van der Waals surface area (Å²) in [5, 5.41) is 1.17. The summed E-state index contributed by atoms with van der Waals surface area (Å²) in [6.07, 6.45) is 1.23. The van der Waals surface area contributed by atoms with Gasteiger partial charge < -0.3 is 5.73 Å². The van der Waals surface area contributed by atoms with Crippen LogP contribution in [0.5, 0.6) is 0 Å². The Morgan fingerprint density at radius 1 is 1.41 bits per heavy atom. The Hall–Kier alpha value is -0.450. The molecule has 3 nitrogen and oxygen atoms in total. The summed E-state index contributed by atoms with van der Waals surface area (Å²) < 4.78 is 0. The lowest BCUT2D eigenvalue weighted by atomic mass is 10.0. The first kappa shape index (κ1) is 13.0. The van der Waals surface area contributed by atoms with Gasteiger partial charge in [-0.25, -0.2) is 4.98 Å². The van der Waals surface area contributed by atoms with Gasteiger partial charge >= 0.3 is 0 Å². The summed E-state index contributed by atoms with van der Waals surface area (Å²) in [7, 11) is 0. The summed E-state index contributed by atoms with van der Waals surface area (Å²) in [6.45, 7) is 10.9. The van der Waals surface area contributed by atoms with Crippen LogP contribution in [0.3, 0.4) is 0 Å². The van der Waals surface area contributed by atoms with Crippen molar-refractivity contribution in [2.24, 2.45) is 11.7 Å². The summed E-state index contributed by atoms with van der Waals surface area (Å²) >= 11 is 1.80. The summed E-state index contributed by atoms with van der Waals surface area (Å²) in [4.78, 5) is 8.55. The van der Waals surface area contributed by atoms with Gasteiger partial charge in [-0.2, -0.15) is 0 Å². The van der Waals surface area contributed by atoms with Crippen molar-refractivity contribution in [3.8, 4) is 0 Å². The fourth-order valence-corrected chi connectivity index (χ4v) is 3.61. The van der Waals surface area contributed by atoms with Crippen LogP contribution >= 0.6 is 11.3 Å². The van der Waals surface area contributed by atoms with Crippen molar-refractivity contribution in [2.75, 3.05) is 13.1 Å². The van der Waals surface area contributed by atoms with Crippen LogP contribution in [0.1, 0.15) is 41.9 Å². The Balaban J connectivity index is 2.06. The minimum Gasteiger partial charge on any atom is -0.328 e. The SMILES string of the molecule is Cc1nc(C(C)N2CCC(C(C)N)C2)c(C)s1. The van der Waals surface area contributed by atoms with Crippen LogP contribution in [0.25, 0.3) is 0 Å². The second-order valence-corrected chi connectivity index (χ2v) is 6.66. The highest BCUT2D eigenvalue weighted by molar-refractivity contribution is 7.11. The molecule has 17 heavy (non-hydrogen) atoms. The van der Waals surface area contributed by atoms with E-state index in [4.69, 9.17) is 5.73 Å². The molecule has 0 aliphatic carbocycles. The van der Waals surface area contributed by atoms with Crippen LogP contribution in [0.15, 0.2) is 0 Å². The first-order valence-electron chi connectivity index (χ1n) is 6.42. The van der Waals surface area contributed by atoms with Gasteiger partial charge in [0.2, 0.25) is 0 Å². The second-order valence-electron chi connectivity index (χ2n) is 5.25. The Bertz CT molecular complexity index is 386. The zero-order valence-corrected chi connectivity index (χ0v) is 12.0. The van der Waals surface area contributed by atoms with Crippen molar-refractivity contribution in [1.29, 1.82) is 0 Å². The van der Waals surface area contributed by atoms with Crippen LogP contribution in [0, 0.1) is 19.8 Å². The quantitative estimate of drug-likeness (QED) is 0.900. The van der Waals surface area contributed by atoms with E-state index in [2.05, 4.69) is 37.6 Å². The molecule has 0 bridgehead atoms. The Kier molecular flexibility index (Phi) is 3.85. The fraction of sp³-hybridized carbons (Fsp3) is 0.769. The van der Waals surface area contributed by atoms with E-state index < -0.39 is 0 Å². The maximum Gasteiger partial charge on any atom is 0.0900 e. The zero-order chi connectivity index (χ0) is 12.6. The number of hydrogen-bond acceptors (Lipinski definition) is 4. The third-order valence-electron chi connectivity index (χ3n) is 3.88. The van der Waals surface area contributed by atoms with Crippen molar-refractivity contribution >= 4 is 11.3 Å². The Labute approximate surface area is 108 Å². The third kappa shape index (κ3) is 2.69. The molecule has 1 aromatic heterocycles. The molecule has 2 rings (SSSR count). The van der Waals surface area contributed by atoms with Gasteiger partial charge in [0.1, 0.15) is 0 Å². The number of thiazole rings is 1. The van der Waals surface area contributed by atoms with E-state index in [9.17, 15) is 0 Å². The highest BCUT2D eigenvalue weighted by atomic mass is 32.1. The van der Waals surface area contributed by atoms with E-state index in [0.29, 0.717) is 18.0 Å². The molecule has 0 spiro atoms. The molecule has 96 valence electrons. The largest absolute Gasteiger partial charge is 0.328 e. The monoisotopic (exact) mass is 253 g/mol. The first-order valence-corrected chi connectivity index (χ1v) is 7.24. The van der Waals surface area contributed by atoms with Gasteiger partial charge in [-0.05, 0) is 46.6 Å². The molecule has 4 heteroatoms. The lowest BCUT2D eigenvalue weighted by molar-refractivity contribution is 0.244. The minimum absolute atomic E-state index is 0.311. The fourth-order valence-electron chi connectivity index (χ4n) is 2.70. The lowest BCUT2D eigenvalue weighted by Crippen LogP contribution is -2.31. The van der Waals surface area contributed by atoms with Gasteiger partial charge in [0.25, 0.3) is 0 Å². The topological polar surface area (TPSA) is 42.2 Å². The summed E-state index contributed by atoms with van der Waals surface area (Å²) in [5.74, 6) is 0.650. The summed E-state index contributed by atoms with van der Waals surface area (Å²) in [5.41, 5.74) is 7.25. The molecule has 0 saturated carbocycles. The number of hydrogen-bond donors (Lipinski definition) is 1. The van der Waals surface area contributed by atoms with Crippen molar-refractivity contribution in [3.63, 3.8) is 0 Å². The average molecular weight is 253 g/mol. The number of aryl methyl sites for hydroxylation is 2. The molecule has 1 aliphatic heterocycles. The molecule has 1 aliphatic rings. The normalized spacial score (nSPS) is 25.1. The van der Waals surface area contributed by atoms with E-state index in [1.54, 1.807) is 11.3 Å². The smallest absolute Gasteiger partial charge is 0.0900 e. The Morgan fingerprint density at radius 2 is 2.12 bits per heavy atom.